The Balaban J connectivity index is 1.63. The number of aryl methyl sites for hydroxylation is 3. The molecule has 47 heavy (non-hydrogen) atoms. The summed E-state index contributed by atoms with van der Waals surface area (Å²) in [7, 11) is 1.93. The van der Waals surface area contributed by atoms with Crippen LogP contribution in [0.1, 0.15) is 53.3 Å². The van der Waals surface area contributed by atoms with Gasteiger partial charge in [-0.3, -0.25) is 4.68 Å². The molecule has 0 atom stereocenters. The van der Waals surface area contributed by atoms with E-state index >= 15 is 0 Å². The molecule has 2 aromatic heterocycles. The SMILES string of the molecule is C=CCOCc1c(-c2c(C)ccc3c(CCCOc4cccc5ccccc45)c(C(=O)OCC)n(CC=C)c23)c(COCC)nn1C. The quantitative estimate of drug-likeness (QED) is 0.0584. The van der Waals surface area contributed by atoms with Crippen molar-refractivity contribution >= 4 is 27.6 Å². The number of benzene rings is 3. The van der Waals surface area contributed by atoms with E-state index in [4.69, 9.17) is 24.0 Å². The molecule has 0 aliphatic heterocycles. The van der Waals surface area contributed by atoms with Crippen LogP contribution in [-0.4, -0.2) is 46.7 Å². The molecule has 0 aliphatic rings. The van der Waals surface area contributed by atoms with Gasteiger partial charge in [-0.2, -0.15) is 5.10 Å². The molecular formula is C39H45N3O5. The molecule has 0 saturated carbocycles. The van der Waals surface area contributed by atoms with E-state index in [0.717, 1.165) is 61.1 Å². The summed E-state index contributed by atoms with van der Waals surface area (Å²) in [4.78, 5) is 13.7. The highest BCUT2D eigenvalue weighted by Crippen LogP contribution is 2.41. The number of aromatic nitrogens is 3. The third-order valence-electron chi connectivity index (χ3n) is 8.30. The van der Waals surface area contributed by atoms with Crippen LogP contribution in [0, 0.1) is 6.92 Å². The first-order valence-corrected chi connectivity index (χ1v) is 16.3. The highest BCUT2D eigenvalue weighted by atomic mass is 16.5. The number of hydrogen-bond donors (Lipinski definition) is 0. The van der Waals surface area contributed by atoms with E-state index in [1.54, 1.807) is 6.08 Å². The molecule has 0 unspecified atom stereocenters. The molecule has 0 bridgehead atoms. The Morgan fingerprint density at radius 1 is 0.915 bits per heavy atom. The Kier molecular flexibility index (Phi) is 11.3. The number of ether oxygens (including phenoxy) is 4. The molecule has 0 aliphatic carbocycles. The second-order valence-corrected chi connectivity index (χ2v) is 11.4. The number of carbonyl (C=O) groups is 1. The predicted octanol–water partition coefficient (Wildman–Crippen LogP) is 8.12. The van der Waals surface area contributed by atoms with Gasteiger partial charge in [0, 0.05) is 42.1 Å². The van der Waals surface area contributed by atoms with Crippen LogP contribution in [0.2, 0.25) is 0 Å². The standard InChI is InChI=1S/C39H45N3O5/c1-7-22-42-37-31(21-20-27(5)35(37)36-32(25-44-9-3)40-41(6)33(36)26-45-23-8-2)30(38(42)39(43)46-10-4)18-14-24-47-34-19-13-16-28-15-11-12-17-29(28)34/h7-8,11-13,15-17,19-21H,1-2,9-10,14,18,22-26H2,3-6H3. The second kappa shape index (κ2) is 15.8. The molecule has 246 valence electrons. The van der Waals surface area contributed by atoms with Crippen molar-refractivity contribution in [3.63, 3.8) is 0 Å². The lowest BCUT2D eigenvalue weighted by Gasteiger charge is -2.15. The lowest BCUT2D eigenvalue weighted by molar-refractivity contribution is 0.0513. The molecule has 0 amide bonds. The van der Waals surface area contributed by atoms with Crippen LogP contribution >= 0.6 is 0 Å². The normalized spacial score (nSPS) is 11.3. The van der Waals surface area contributed by atoms with Gasteiger partial charge in [0.05, 0.1) is 49.9 Å². The smallest absolute Gasteiger partial charge is 0.355 e. The first-order valence-electron chi connectivity index (χ1n) is 16.3. The number of rotatable bonds is 17. The van der Waals surface area contributed by atoms with E-state index in [9.17, 15) is 4.79 Å². The summed E-state index contributed by atoms with van der Waals surface area (Å²) in [5, 5.41) is 8.09. The molecular weight excluding hydrogens is 590 g/mol. The summed E-state index contributed by atoms with van der Waals surface area (Å²) in [5.74, 6) is 0.500. The lowest BCUT2D eigenvalue weighted by atomic mass is 9.94. The molecule has 2 heterocycles. The van der Waals surface area contributed by atoms with Gasteiger partial charge in [0.2, 0.25) is 0 Å². The van der Waals surface area contributed by atoms with E-state index in [2.05, 4.69) is 55.0 Å². The van der Waals surface area contributed by atoms with Gasteiger partial charge in [-0.25, -0.2) is 4.79 Å². The first-order chi connectivity index (χ1) is 22.9. The van der Waals surface area contributed by atoms with Crippen LogP contribution in [0.5, 0.6) is 5.75 Å². The second-order valence-electron chi connectivity index (χ2n) is 11.4. The van der Waals surface area contributed by atoms with Gasteiger partial charge in [0.25, 0.3) is 0 Å². The average molecular weight is 636 g/mol. The molecule has 0 N–H and O–H groups in total. The minimum atomic E-state index is -0.352. The highest BCUT2D eigenvalue weighted by Gasteiger charge is 2.29. The highest BCUT2D eigenvalue weighted by molar-refractivity contribution is 6.05. The zero-order valence-corrected chi connectivity index (χ0v) is 28.0. The maximum Gasteiger partial charge on any atom is 0.355 e. The van der Waals surface area contributed by atoms with Gasteiger partial charge in [-0.05, 0) is 56.2 Å². The molecule has 0 fully saturated rings. The molecule has 5 aromatic rings. The zero-order chi connectivity index (χ0) is 33.3. The van der Waals surface area contributed by atoms with E-state index in [1.165, 1.54) is 0 Å². The number of hydrogen-bond acceptors (Lipinski definition) is 6. The Labute approximate surface area is 277 Å². The van der Waals surface area contributed by atoms with Crippen LogP contribution in [-0.2, 0) is 47.4 Å². The minimum Gasteiger partial charge on any atom is -0.493 e. The summed E-state index contributed by atoms with van der Waals surface area (Å²) in [6, 6.07) is 18.5. The van der Waals surface area contributed by atoms with Crippen molar-refractivity contribution in [3.05, 3.63) is 108 Å². The van der Waals surface area contributed by atoms with Crippen LogP contribution in [0.15, 0.2) is 79.9 Å². The van der Waals surface area contributed by atoms with Gasteiger partial charge in [0.1, 0.15) is 11.4 Å². The average Bonchev–Trinajstić information content (AvgIpc) is 3.55. The first kappa shape index (κ1) is 33.7. The van der Waals surface area contributed by atoms with Gasteiger partial charge in [-0.15, -0.1) is 13.2 Å². The third kappa shape index (κ3) is 7.04. The van der Waals surface area contributed by atoms with Crippen LogP contribution in [0.25, 0.3) is 32.8 Å². The number of carbonyl (C=O) groups excluding carboxylic acids is 1. The Morgan fingerprint density at radius 3 is 2.49 bits per heavy atom. The zero-order valence-electron chi connectivity index (χ0n) is 28.0. The molecule has 8 heteroatoms. The summed E-state index contributed by atoms with van der Waals surface area (Å²) in [5.41, 5.74) is 7.15. The van der Waals surface area contributed by atoms with Gasteiger partial charge in [-0.1, -0.05) is 60.7 Å². The van der Waals surface area contributed by atoms with Crippen molar-refractivity contribution in [2.45, 2.75) is 53.4 Å². The predicted molar refractivity (Wildman–Crippen MR) is 188 cm³/mol. The van der Waals surface area contributed by atoms with Gasteiger partial charge >= 0.3 is 5.97 Å². The van der Waals surface area contributed by atoms with E-state index in [1.807, 2.05) is 55.9 Å². The maximum atomic E-state index is 13.7. The lowest BCUT2D eigenvalue weighted by Crippen LogP contribution is -2.14. The minimum absolute atomic E-state index is 0.274. The Morgan fingerprint density at radius 2 is 1.72 bits per heavy atom. The fourth-order valence-electron chi connectivity index (χ4n) is 6.30. The largest absolute Gasteiger partial charge is 0.493 e. The number of nitrogens with zero attached hydrogens (tertiary/aromatic N) is 3. The molecule has 5 rings (SSSR count). The number of esters is 1. The fourth-order valence-corrected chi connectivity index (χ4v) is 6.30. The van der Waals surface area contributed by atoms with Crippen molar-refractivity contribution in [2.75, 3.05) is 26.4 Å². The van der Waals surface area contributed by atoms with Crippen LogP contribution in [0.3, 0.4) is 0 Å². The summed E-state index contributed by atoms with van der Waals surface area (Å²) in [6.45, 7) is 16.6. The van der Waals surface area contributed by atoms with Crippen molar-refractivity contribution in [2.24, 2.45) is 7.05 Å². The van der Waals surface area contributed by atoms with Crippen LogP contribution < -0.4 is 4.74 Å². The van der Waals surface area contributed by atoms with Crippen molar-refractivity contribution in [3.8, 4) is 16.9 Å². The van der Waals surface area contributed by atoms with Crippen molar-refractivity contribution < 1.29 is 23.7 Å². The van der Waals surface area contributed by atoms with E-state index in [0.29, 0.717) is 58.1 Å². The van der Waals surface area contributed by atoms with Gasteiger partial charge in [0.15, 0.2) is 0 Å². The monoisotopic (exact) mass is 635 g/mol. The summed E-state index contributed by atoms with van der Waals surface area (Å²) >= 11 is 0. The molecule has 0 spiro atoms. The third-order valence-corrected chi connectivity index (χ3v) is 8.30. The van der Waals surface area contributed by atoms with Crippen LogP contribution in [0.4, 0.5) is 0 Å². The topological polar surface area (TPSA) is 76.7 Å². The van der Waals surface area contributed by atoms with Crippen molar-refractivity contribution in [1.29, 1.82) is 0 Å². The molecule has 8 nitrogen and oxygen atoms in total. The molecule has 0 saturated heterocycles. The fraction of sp³-hybridized carbons (Fsp3) is 0.333. The number of allylic oxidation sites excluding steroid dienone is 1. The molecule has 3 aromatic carbocycles. The van der Waals surface area contributed by atoms with Gasteiger partial charge < -0.3 is 23.5 Å². The van der Waals surface area contributed by atoms with E-state index in [-0.39, 0.29) is 12.6 Å². The van der Waals surface area contributed by atoms with Crippen molar-refractivity contribution in [1.82, 2.24) is 14.3 Å². The number of fused-ring (bicyclic) bond motifs is 2. The summed E-state index contributed by atoms with van der Waals surface area (Å²) in [6.07, 6.45) is 4.88. The van der Waals surface area contributed by atoms with E-state index < -0.39 is 0 Å². The Bertz CT molecular complexity index is 1880. The molecule has 0 radical (unpaired) electrons. The maximum absolute atomic E-state index is 13.7. The summed E-state index contributed by atoms with van der Waals surface area (Å²) < 4.78 is 27.7. The Hall–Kier alpha value is -4.66.